The Labute approximate surface area is 201 Å². The minimum Gasteiger partial charge on any atom is -0.361 e. The zero-order valence-electron chi connectivity index (χ0n) is 18.8. The number of para-hydroxylation sites is 1. The fourth-order valence-corrected chi connectivity index (χ4v) is 5.18. The first kappa shape index (κ1) is 20.9. The molecule has 5 aromatic rings. The van der Waals surface area contributed by atoms with E-state index in [4.69, 9.17) is 11.6 Å². The smallest absolute Gasteiger partial charge is 0.264 e. The number of fused-ring (bicyclic) bond motifs is 2. The van der Waals surface area contributed by atoms with Crippen molar-refractivity contribution < 1.29 is 0 Å². The number of rotatable bonds is 5. The van der Waals surface area contributed by atoms with Crippen molar-refractivity contribution in [2.75, 3.05) is 5.32 Å². The number of hydrogen-bond donors (Lipinski definition) is 2. The molecule has 1 atom stereocenters. The van der Waals surface area contributed by atoms with Crippen LogP contribution in [0.15, 0.2) is 71.9 Å². The molecule has 1 fully saturated rings. The van der Waals surface area contributed by atoms with Crippen molar-refractivity contribution >= 4 is 39.2 Å². The van der Waals surface area contributed by atoms with E-state index in [1.165, 1.54) is 24.8 Å². The monoisotopic (exact) mass is 469 g/mol. The fraction of sp³-hybridized carbons (Fsp3) is 0.222. The number of halogens is 1. The number of aromatic amines is 1. The Morgan fingerprint density at radius 2 is 1.91 bits per heavy atom. The maximum Gasteiger partial charge on any atom is 0.264 e. The van der Waals surface area contributed by atoms with Crippen molar-refractivity contribution in [2.45, 2.75) is 38.1 Å². The number of H-pyrrole nitrogens is 1. The lowest BCUT2D eigenvalue weighted by Crippen LogP contribution is -2.26. The number of benzene rings is 2. The predicted molar refractivity (Wildman–Crippen MR) is 137 cm³/mol. The molecule has 170 valence electrons. The van der Waals surface area contributed by atoms with Gasteiger partial charge in [-0.1, -0.05) is 48.4 Å². The molecule has 6 nitrogen and oxygen atoms in total. The quantitative estimate of drug-likeness (QED) is 0.314. The van der Waals surface area contributed by atoms with Gasteiger partial charge in [-0.25, -0.2) is 9.97 Å². The summed E-state index contributed by atoms with van der Waals surface area (Å²) in [7, 11) is 0. The third-order valence-corrected chi connectivity index (χ3v) is 7.20. The number of aromatic nitrogens is 4. The summed E-state index contributed by atoms with van der Waals surface area (Å²) in [5, 5.41) is 6.41. The van der Waals surface area contributed by atoms with Gasteiger partial charge in [0.05, 0.1) is 21.8 Å². The lowest BCUT2D eigenvalue weighted by molar-refractivity contribution is 0.422. The first-order valence-corrected chi connectivity index (χ1v) is 12.0. The van der Waals surface area contributed by atoms with Crippen LogP contribution in [0.2, 0.25) is 5.02 Å². The molecule has 34 heavy (non-hydrogen) atoms. The second-order valence-corrected chi connectivity index (χ2v) is 9.34. The summed E-state index contributed by atoms with van der Waals surface area (Å²) < 4.78 is 1.74. The van der Waals surface area contributed by atoms with Gasteiger partial charge >= 0.3 is 0 Å². The van der Waals surface area contributed by atoms with Crippen molar-refractivity contribution in [3.63, 3.8) is 0 Å². The second kappa shape index (κ2) is 8.29. The van der Waals surface area contributed by atoms with Crippen molar-refractivity contribution in [1.82, 2.24) is 19.5 Å². The summed E-state index contributed by atoms with van der Waals surface area (Å²) in [5.74, 6) is 1.32. The molecule has 0 bridgehead atoms. The molecule has 7 heteroatoms. The Bertz CT molecular complexity index is 1570. The SMILES string of the molecule is CC(Nc1ncnc2[nH]cc(C3CCC3)c12)c1cc2cccc(Cl)c2c(=O)n1-c1ccccc1. The van der Waals surface area contributed by atoms with Gasteiger partial charge in [-0.05, 0) is 60.9 Å². The number of pyridine rings is 1. The average Bonchev–Trinajstić information content (AvgIpc) is 3.23. The summed E-state index contributed by atoms with van der Waals surface area (Å²) in [6.45, 7) is 2.05. The first-order chi connectivity index (χ1) is 16.6. The molecule has 1 aliphatic carbocycles. The molecule has 0 aliphatic heterocycles. The molecule has 3 aromatic heterocycles. The zero-order chi connectivity index (χ0) is 23.2. The van der Waals surface area contributed by atoms with E-state index in [2.05, 4.69) is 26.5 Å². The second-order valence-electron chi connectivity index (χ2n) is 8.93. The van der Waals surface area contributed by atoms with Crippen LogP contribution in [0.1, 0.15) is 49.4 Å². The Morgan fingerprint density at radius 3 is 2.68 bits per heavy atom. The minimum absolute atomic E-state index is 0.136. The normalized spacial score (nSPS) is 14.9. The van der Waals surface area contributed by atoms with Crippen LogP contribution < -0.4 is 10.9 Å². The minimum atomic E-state index is -0.210. The molecule has 0 spiro atoms. The molecule has 1 aliphatic rings. The topological polar surface area (TPSA) is 75.6 Å². The molecule has 0 amide bonds. The predicted octanol–water partition coefficient (Wildman–Crippen LogP) is 6.36. The van der Waals surface area contributed by atoms with E-state index in [9.17, 15) is 4.79 Å². The van der Waals surface area contributed by atoms with Gasteiger partial charge in [0.15, 0.2) is 0 Å². The van der Waals surface area contributed by atoms with Crippen LogP contribution in [0.3, 0.4) is 0 Å². The van der Waals surface area contributed by atoms with Crippen LogP contribution in [0, 0.1) is 0 Å². The van der Waals surface area contributed by atoms with Crippen molar-refractivity contribution in [3.05, 3.63) is 93.8 Å². The Morgan fingerprint density at radius 1 is 1.09 bits per heavy atom. The van der Waals surface area contributed by atoms with Gasteiger partial charge < -0.3 is 10.3 Å². The van der Waals surface area contributed by atoms with E-state index in [0.717, 1.165) is 33.6 Å². The molecule has 0 saturated heterocycles. The number of hydrogen-bond acceptors (Lipinski definition) is 4. The maximum atomic E-state index is 13.7. The molecular weight excluding hydrogens is 446 g/mol. The van der Waals surface area contributed by atoms with Crippen LogP contribution in [0.25, 0.3) is 27.5 Å². The molecule has 0 radical (unpaired) electrons. The van der Waals surface area contributed by atoms with Crippen molar-refractivity contribution in [3.8, 4) is 5.69 Å². The molecule has 1 unspecified atom stereocenters. The number of anilines is 1. The molecule has 6 rings (SSSR count). The molecule has 3 heterocycles. The third kappa shape index (κ3) is 3.37. The Hall–Kier alpha value is -3.64. The van der Waals surface area contributed by atoms with E-state index >= 15 is 0 Å². The largest absolute Gasteiger partial charge is 0.361 e. The van der Waals surface area contributed by atoms with E-state index in [1.54, 1.807) is 17.0 Å². The van der Waals surface area contributed by atoms with Gasteiger partial charge in [0.1, 0.15) is 17.8 Å². The zero-order valence-corrected chi connectivity index (χ0v) is 19.5. The highest BCUT2D eigenvalue weighted by atomic mass is 35.5. The lowest BCUT2D eigenvalue weighted by atomic mass is 9.80. The highest BCUT2D eigenvalue weighted by Crippen LogP contribution is 2.41. The van der Waals surface area contributed by atoms with E-state index in [1.807, 2.05) is 55.5 Å². The van der Waals surface area contributed by atoms with E-state index < -0.39 is 0 Å². The van der Waals surface area contributed by atoms with Gasteiger partial charge in [-0.3, -0.25) is 9.36 Å². The van der Waals surface area contributed by atoms with Gasteiger partial charge in [0.25, 0.3) is 5.56 Å². The van der Waals surface area contributed by atoms with Crippen LogP contribution in [-0.2, 0) is 0 Å². The summed E-state index contributed by atoms with van der Waals surface area (Å²) in [5.41, 5.74) is 3.59. The first-order valence-electron chi connectivity index (χ1n) is 11.6. The van der Waals surface area contributed by atoms with E-state index in [-0.39, 0.29) is 11.6 Å². The van der Waals surface area contributed by atoms with Crippen molar-refractivity contribution in [1.29, 1.82) is 0 Å². The van der Waals surface area contributed by atoms with Gasteiger partial charge in [0.2, 0.25) is 0 Å². The van der Waals surface area contributed by atoms with Gasteiger partial charge in [-0.2, -0.15) is 0 Å². The summed E-state index contributed by atoms with van der Waals surface area (Å²) >= 11 is 6.45. The highest BCUT2D eigenvalue weighted by molar-refractivity contribution is 6.35. The van der Waals surface area contributed by atoms with Crippen LogP contribution >= 0.6 is 11.6 Å². The standard InChI is InChI=1S/C27H24ClN5O/c1-16(32-26-24-20(17-7-5-8-17)14-29-25(24)30-15-31-26)22-13-18-9-6-12-21(28)23(18)27(34)33(22)19-10-3-2-4-11-19/h2-4,6,9-17H,5,7-8H2,1H3,(H2,29,30,31,32). The fourth-order valence-electron chi connectivity index (χ4n) is 4.92. The number of nitrogens with zero attached hydrogens (tertiary/aromatic N) is 3. The molecule has 2 aromatic carbocycles. The summed E-state index contributed by atoms with van der Waals surface area (Å²) in [4.78, 5) is 26.0. The Balaban J connectivity index is 1.51. The van der Waals surface area contributed by atoms with Crippen LogP contribution in [0.5, 0.6) is 0 Å². The van der Waals surface area contributed by atoms with Gasteiger partial charge in [-0.15, -0.1) is 0 Å². The van der Waals surface area contributed by atoms with Crippen molar-refractivity contribution in [2.24, 2.45) is 0 Å². The van der Waals surface area contributed by atoms with Gasteiger partial charge in [0, 0.05) is 17.6 Å². The summed E-state index contributed by atoms with van der Waals surface area (Å²) in [6, 6.07) is 17.1. The van der Waals surface area contributed by atoms with Crippen LogP contribution in [0.4, 0.5) is 5.82 Å². The molecule has 2 N–H and O–H groups in total. The van der Waals surface area contributed by atoms with E-state index in [0.29, 0.717) is 16.3 Å². The Kier molecular flexibility index (Phi) is 5.11. The third-order valence-electron chi connectivity index (χ3n) is 6.88. The lowest BCUT2D eigenvalue weighted by Gasteiger charge is -2.26. The van der Waals surface area contributed by atoms with Crippen LogP contribution in [-0.4, -0.2) is 19.5 Å². The molecular formula is C27H24ClN5O. The average molecular weight is 470 g/mol. The highest BCUT2D eigenvalue weighted by Gasteiger charge is 2.25. The summed E-state index contributed by atoms with van der Waals surface area (Å²) in [6.07, 6.45) is 7.28. The molecule has 1 saturated carbocycles. The number of nitrogens with one attached hydrogen (secondary N) is 2. The maximum absolute atomic E-state index is 13.7.